The highest BCUT2D eigenvalue weighted by Gasteiger charge is 2.22. The molecule has 0 fully saturated rings. The lowest BCUT2D eigenvalue weighted by Gasteiger charge is -2.29. The first-order valence-electron chi connectivity index (χ1n) is 7.55. The number of nitrogens with one attached hydrogen (secondary N) is 1. The van der Waals surface area contributed by atoms with Crippen LogP contribution >= 0.6 is 0 Å². The lowest BCUT2D eigenvalue weighted by molar-refractivity contribution is 0.0256. The van der Waals surface area contributed by atoms with Gasteiger partial charge in [-0.1, -0.05) is 40.0 Å². The van der Waals surface area contributed by atoms with Gasteiger partial charge in [0.1, 0.15) is 0 Å². The van der Waals surface area contributed by atoms with E-state index in [9.17, 15) is 5.11 Å². The van der Waals surface area contributed by atoms with Gasteiger partial charge < -0.3 is 15.2 Å². The van der Waals surface area contributed by atoms with E-state index >= 15 is 0 Å². The zero-order valence-corrected chi connectivity index (χ0v) is 12.8. The van der Waals surface area contributed by atoms with Crippen molar-refractivity contribution >= 4 is 0 Å². The van der Waals surface area contributed by atoms with E-state index in [1.54, 1.807) is 0 Å². The zero-order chi connectivity index (χ0) is 13.9. The fourth-order valence-electron chi connectivity index (χ4n) is 1.93. The number of ether oxygens (including phenoxy) is 1. The molecular formula is C15H33NO2. The third kappa shape index (κ3) is 8.06. The molecule has 3 heteroatoms. The molecule has 0 aromatic heterocycles. The van der Waals surface area contributed by atoms with Crippen LogP contribution in [0.4, 0.5) is 0 Å². The molecule has 0 spiro atoms. The first-order valence-corrected chi connectivity index (χ1v) is 7.55. The van der Waals surface area contributed by atoms with E-state index in [4.69, 9.17) is 4.74 Å². The smallest absolute Gasteiger partial charge is 0.0668 e. The van der Waals surface area contributed by atoms with Gasteiger partial charge in [-0.15, -0.1) is 0 Å². The summed E-state index contributed by atoms with van der Waals surface area (Å²) in [6.07, 6.45) is 6.04. The molecule has 0 aromatic rings. The highest BCUT2D eigenvalue weighted by atomic mass is 16.5. The zero-order valence-electron chi connectivity index (χ0n) is 12.8. The lowest BCUT2D eigenvalue weighted by Crippen LogP contribution is -2.50. The van der Waals surface area contributed by atoms with E-state index in [-0.39, 0.29) is 12.1 Å². The molecule has 0 aliphatic rings. The summed E-state index contributed by atoms with van der Waals surface area (Å²) in [5.41, 5.74) is -0.293. The second-order valence-electron chi connectivity index (χ2n) is 5.58. The van der Waals surface area contributed by atoms with E-state index in [1.807, 2.05) is 6.92 Å². The first kappa shape index (κ1) is 17.9. The van der Waals surface area contributed by atoms with Crippen molar-refractivity contribution in [2.45, 2.75) is 65.3 Å². The third-order valence-corrected chi connectivity index (χ3v) is 3.47. The summed E-state index contributed by atoms with van der Waals surface area (Å²) < 4.78 is 5.81. The molecule has 3 nitrogen and oxygen atoms in total. The minimum Gasteiger partial charge on any atom is -0.394 e. The van der Waals surface area contributed by atoms with E-state index in [1.165, 1.54) is 25.7 Å². The van der Waals surface area contributed by atoms with Crippen molar-refractivity contribution in [2.75, 3.05) is 26.4 Å². The van der Waals surface area contributed by atoms with Gasteiger partial charge in [-0.2, -0.15) is 0 Å². The van der Waals surface area contributed by atoms with Gasteiger partial charge in [0, 0.05) is 6.61 Å². The molecule has 2 atom stereocenters. The van der Waals surface area contributed by atoms with E-state index in [0.717, 1.165) is 19.6 Å². The average Bonchev–Trinajstić information content (AvgIpc) is 2.40. The normalized spacial score (nSPS) is 16.5. The molecule has 2 unspecified atom stereocenters. The minimum atomic E-state index is -0.293. The van der Waals surface area contributed by atoms with Crippen molar-refractivity contribution in [3.05, 3.63) is 0 Å². The molecule has 18 heavy (non-hydrogen) atoms. The molecule has 0 aliphatic carbocycles. The van der Waals surface area contributed by atoms with E-state index in [2.05, 4.69) is 26.1 Å². The fourth-order valence-corrected chi connectivity index (χ4v) is 1.93. The summed E-state index contributed by atoms with van der Waals surface area (Å²) in [5.74, 6) is 0.666. The van der Waals surface area contributed by atoms with Gasteiger partial charge in [0.15, 0.2) is 0 Å². The summed E-state index contributed by atoms with van der Waals surface area (Å²) in [5, 5.41) is 12.8. The van der Waals surface area contributed by atoms with Gasteiger partial charge in [-0.3, -0.25) is 0 Å². The van der Waals surface area contributed by atoms with Crippen LogP contribution in [0.2, 0.25) is 0 Å². The Morgan fingerprint density at radius 2 is 1.94 bits per heavy atom. The van der Waals surface area contributed by atoms with Gasteiger partial charge in [0.25, 0.3) is 0 Å². The van der Waals surface area contributed by atoms with Crippen LogP contribution in [0.25, 0.3) is 0 Å². The van der Waals surface area contributed by atoms with Crippen molar-refractivity contribution < 1.29 is 9.84 Å². The van der Waals surface area contributed by atoms with E-state index < -0.39 is 0 Å². The van der Waals surface area contributed by atoms with Gasteiger partial charge in [-0.25, -0.2) is 0 Å². The molecule has 0 rings (SSSR count). The Morgan fingerprint density at radius 1 is 1.22 bits per heavy atom. The molecule has 110 valence electrons. The van der Waals surface area contributed by atoms with Crippen molar-refractivity contribution in [1.29, 1.82) is 0 Å². The standard InChI is InChI=1S/C15H33NO2/c1-5-8-9-14(7-3)11-18-13-15(4,12-17)16-10-6-2/h14,16-17H,5-13H2,1-4H3. The number of aliphatic hydroxyl groups is 1. The van der Waals surface area contributed by atoms with Crippen LogP contribution in [0.3, 0.4) is 0 Å². The lowest BCUT2D eigenvalue weighted by atomic mass is 10.00. The summed E-state index contributed by atoms with van der Waals surface area (Å²) >= 11 is 0. The maximum atomic E-state index is 9.43. The van der Waals surface area contributed by atoms with Crippen molar-refractivity contribution in [2.24, 2.45) is 5.92 Å². The van der Waals surface area contributed by atoms with Crippen LogP contribution in [0.1, 0.15) is 59.8 Å². The third-order valence-electron chi connectivity index (χ3n) is 3.47. The van der Waals surface area contributed by atoms with Crippen LogP contribution in [0.15, 0.2) is 0 Å². The average molecular weight is 259 g/mol. The Kier molecular flexibility index (Phi) is 10.7. The Hall–Kier alpha value is -0.120. The predicted molar refractivity (Wildman–Crippen MR) is 77.9 cm³/mol. The van der Waals surface area contributed by atoms with Crippen LogP contribution in [-0.4, -0.2) is 37.0 Å². The van der Waals surface area contributed by atoms with Crippen molar-refractivity contribution in [3.8, 4) is 0 Å². The Balaban J connectivity index is 3.89. The Bertz CT molecular complexity index is 187. The molecule has 2 N–H and O–H groups in total. The maximum absolute atomic E-state index is 9.43. The monoisotopic (exact) mass is 259 g/mol. The molecule has 0 amide bonds. The SMILES string of the molecule is CCCCC(CC)COCC(C)(CO)NCCC. The van der Waals surface area contributed by atoms with Gasteiger partial charge in [0.2, 0.25) is 0 Å². The quantitative estimate of drug-likeness (QED) is 0.566. The molecule has 0 bridgehead atoms. The number of aliphatic hydroxyl groups excluding tert-OH is 1. The number of hydrogen-bond acceptors (Lipinski definition) is 3. The van der Waals surface area contributed by atoms with Crippen LogP contribution < -0.4 is 5.32 Å². The molecule has 0 radical (unpaired) electrons. The van der Waals surface area contributed by atoms with Crippen LogP contribution in [0, 0.1) is 5.92 Å². The molecular weight excluding hydrogens is 226 g/mol. The second kappa shape index (κ2) is 10.8. The summed E-state index contributed by atoms with van der Waals surface area (Å²) in [6.45, 7) is 11.1. The largest absolute Gasteiger partial charge is 0.394 e. The molecule has 0 saturated carbocycles. The van der Waals surface area contributed by atoms with Crippen molar-refractivity contribution in [1.82, 2.24) is 5.32 Å². The predicted octanol–water partition coefficient (Wildman–Crippen LogP) is 2.97. The summed E-state index contributed by atoms with van der Waals surface area (Å²) in [6, 6.07) is 0. The first-order chi connectivity index (χ1) is 8.61. The van der Waals surface area contributed by atoms with Gasteiger partial charge >= 0.3 is 0 Å². The maximum Gasteiger partial charge on any atom is 0.0668 e. The number of unbranched alkanes of at least 4 members (excludes halogenated alkanes) is 1. The summed E-state index contributed by atoms with van der Waals surface area (Å²) in [4.78, 5) is 0. The topological polar surface area (TPSA) is 41.5 Å². The van der Waals surface area contributed by atoms with Crippen LogP contribution in [0.5, 0.6) is 0 Å². The van der Waals surface area contributed by atoms with Gasteiger partial charge in [-0.05, 0) is 32.2 Å². The molecule has 0 aromatic carbocycles. The van der Waals surface area contributed by atoms with Crippen LogP contribution in [-0.2, 0) is 4.74 Å². The van der Waals surface area contributed by atoms with E-state index in [0.29, 0.717) is 12.5 Å². The molecule has 0 aliphatic heterocycles. The fraction of sp³-hybridized carbons (Fsp3) is 1.00. The van der Waals surface area contributed by atoms with Crippen molar-refractivity contribution in [3.63, 3.8) is 0 Å². The second-order valence-corrected chi connectivity index (χ2v) is 5.58. The highest BCUT2D eigenvalue weighted by molar-refractivity contribution is 4.81. The van der Waals surface area contributed by atoms with Gasteiger partial charge in [0.05, 0.1) is 18.8 Å². The number of hydrogen-bond donors (Lipinski definition) is 2. The number of rotatable bonds is 12. The highest BCUT2D eigenvalue weighted by Crippen LogP contribution is 2.14. The molecule has 0 saturated heterocycles. The minimum absolute atomic E-state index is 0.124. The Morgan fingerprint density at radius 3 is 2.44 bits per heavy atom. The molecule has 0 heterocycles. The Labute approximate surface area is 113 Å². The summed E-state index contributed by atoms with van der Waals surface area (Å²) in [7, 11) is 0.